The van der Waals surface area contributed by atoms with Crippen LogP contribution in [-0.2, 0) is 11.2 Å². The molecule has 0 fully saturated rings. The summed E-state index contributed by atoms with van der Waals surface area (Å²) in [5.74, 6) is 0.133. The summed E-state index contributed by atoms with van der Waals surface area (Å²) in [5, 5.41) is 0. The van der Waals surface area contributed by atoms with Gasteiger partial charge in [-0.3, -0.25) is 4.79 Å². The summed E-state index contributed by atoms with van der Waals surface area (Å²) in [7, 11) is 0. The smallest absolute Gasteiger partial charge is 0.237 e. The molecule has 1 aliphatic rings. The summed E-state index contributed by atoms with van der Waals surface area (Å²) in [4.78, 5) is 11.2. The van der Waals surface area contributed by atoms with Crippen LogP contribution in [0.3, 0.4) is 0 Å². The van der Waals surface area contributed by atoms with Crippen LogP contribution in [0.4, 0.5) is 5.69 Å². The second-order valence-corrected chi connectivity index (χ2v) is 3.51. The topological polar surface area (TPSA) is 20.3 Å². The molecular formula is C9H8BrNO. The number of para-hydroxylation sites is 1. The Kier molecular flexibility index (Phi) is 1.89. The summed E-state index contributed by atoms with van der Waals surface area (Å²) < 4.78 is 1.55. The molecule has 0 unspecified atom stereocenters. The molecule has 0 atom stereocenters. The van der Waals surface area contributed by atoms with Crippen molar-refractivity contribution in [3.05, 3.63) is 29.8 Å². The van der Waals surface area contributed by atoms with Gasteiger partial charge in [0.05, 0.1) is 21.8 Å². The molecule has 1 aromatic rings. The minimum absolute atomic E-state index is 0.133. The van der Waals surface area contributed by atoms with Crippen molar-refractivity contribution in [3.8, 4) is 0 Å². The Morgan fingerprint density at radius 3 is 2.83 bits per heavy atom. The molecule has 0 N–H and O–H groups in total. The average Bonchev–Trinajstić information content (AvgIpc) is 2.12. The van der Waals surface area contributed by atoms with Crippen molar-refractivity contribution in [2.75, 3.05) is 3.93 Å². The van der Waals surface area contributed by atoms with E-state index in [9.17, 15) is 4.79 Å². The van der Waals surface area contributed by atoms with Crippen LogP contribution in [0.5, 0.6) is 0 Å². The van der Waals surface area contributed by atoms with Crippen molar-refractivity contribution < 1.29 is 4.79 Å². The summed E-state index contributed by atoms with van der Waals surface area (Å²) >= 11 is 3.24. The fourth-order valence-corrected chi connectivity index (χ4v) is 1.91. The molecule has 62 valence electrons. The van der Waals surface area contributed by atoms with E-state index < -0.39 is 0 Å². The first-order valence-electron chi connectivity index (χ1n) is 3.85. The van der Waals surface area contributed by atoms with Gasteiger partial charge in [-0.1, -0.05) is 18.2 Å². The van der Waals surface area contributed by atoms with Crippen LogP contribution in [0.25, 0.3) is 0 Å². The van der Waals surface area contributed by atoms with Gasteiger partial charge in [-0.25, -0.2) is 3.93 Å². The third-order valence-electron chi connectivity index (χ3n) is 2.03. The number of rotatable bonds is 0. The average molecular weight is 226 g/mol. The predicted molar refractivity (Wildman–Crippen MR) is 51.2 cm³/mol. The molecule has 2 nitrogen and oxygen atoms in total. The quantitative estimate of drug-likeness (QED) is 0.621. The zero-order valence-electron chi connectivity index (χ0n) is 6.46. The molecule has 0 saturated heterocycles. The number of nitrogens with zero attached hydrogens (tertiary/aromatic N) is 1. The number of hydrogen-bond acceptors (Lipinski definition) is 1. The normalized spacial score (nSPS) is 16.1. The second-order valence-electron chi connectivity index (χ2n) is 2.80. The Bertz CT molecular complexity index is 324. The molecule has 1 aromatic carbocycles. The first-order chi connectivity index (χ1) is 5.79. The third kappa shape index (κ3) is 1.14. The van der Waals surface area contributed by atoms with E-state index in [2.05, 4.69) is 22.2 Å². The van der Waals surface area contributed by atoms with E-state index in [1.165, 1.54) is 5.56 Å². The van der Waals surface area contributed by atoms with Gasteiger partial charge in [-0.2, -0.15) is 0 Å². The van der Waals surface area contributed by atoms with Gasteiger partial charge in [-0.05, 0) is 18.1 Å². The van der Waals surface area contributed by atoms with E-state index >= 15 is 0 Å². The number of halogens is 1. The number of hydrogen-bond donors (Lipinski definition) is 0. The molecule has 0 bridgehead atoms. The van der Waals surface area contributed by atoms with E-state index in [-0.39, 0.29) is 5.91 Å². The van der Waals surface area contributed by atoms with Gasteiger partial charge in [-0.15, -0.1) is 0 Å². The monoisotopic (exact) mass is 225 g/mol. The van der Waals surface area contributed by atoms with Crippen LogP contribution >= 0.6 is 16.1 Å². The molecule has 1 amide bonds. The van der Waals surface area contributed by atoms with Gasteiger partial charge >= 0.3 is 0 Å². The Labute approximate surface area is 79.5 Å². The summed E-state index contributed by atoms with van der Waals surface area (Å²) in [5.41, 5.74) is 2.21. The van der Waals surface area contributed by atoms with Gasteiger partial charge in [0, 0.05) is 6.42 Å². The van der Waals surface area contributed by atoms with Gasteiger partial charge in [0.1, 0.15) is 0 Å². The van der Waals surface area contributed by atoms with Crippen molar-refractivity contribution >= 4 is 27.7 Å². The largest absolute Gasteiger partial charge is 0.274 e. The van der Waals surface area contributed by atoms with Gasteiger partial charge in [0.25, 0.3) is 0 Å². The first-order valence-corrected chi connectivity index (χ1v) is 4.56. The Balaban J connectivity index is 2.48. The summed E-state index contributed by atoms with van der Waals surface area (Å²) in [6.45, 7) is 0. The lowest BCUT2D eigenvalue weighted by atomic mass is 10.0. The van der Waals surface area contributed by atoms with Gasteiger partial charge < -0.3 is 0 Å². The molecule has 2 rings (SSSR count). The number of amides is 1. The fourth-order valence-electron chi connectivity index (χ4n) is 1.39. The lowest BCUT2D eigenvalue weighted by molar-refractivity contribution is -0.117. The highest BCUT2D eigenvalue weighted by molar-refractivity contribution is 9.10. The van der Waals surface area contributed by atoms with Gasteiger partial charge in [0.15, 0.2) is 0 Å². The Morgan fingerprint density at radius 2 is 2.00 bits per heavy atom. The van der Waals surface area contributed by atoms with Crippen molar-refractivity contribution in [3.63, 3.8) is 0 Å². The van der Waals surface area contributed by atoms with Crippen LogP contribution in [0.15, 0.2) is 24.3 Å². The highest BCUT2D eigenvalue weighted by Crippen LogP contribution is 2.29. The van der Waals surface area contributed by atoms with Crippen molar-refractivity contribution in [1.29, 1.82) is 0 Å². The zero-order valence-corrected chi connectivity index (χ0v) is 8.04. The molecule has 0 spiro atoms. The third-order valence-corrected chi connectivity index (χ3v) is 2.81. The molecule has 0 aliphatic carbocycles. The van der Waals surface area contributed by atoms with Crippen molar-refractivity contribution in [2.45, 2.75) is 12.8 Å². The Morgan fingerprint density at radius 1 is 1.25 bits per heavy atom. The zero-order chi connectivity index (χ0) is 8.55. The number of benzene rings is 1. The number of carbonyl (C=O) groups excluding carboxylic acids is 1. The minimum atomic E-state index is 0.133. The van der Waals surface area contributed by atoms with E-state index in [0.717, 1.165) is 12.1 Å². The highest BCUT2D eigenvalue weighted by Gasteiger charge is 2.20. The van der Waals surface area contributed by atoms with Crippen molar-refractivity contribution in [2.24, 2.45) is 0 Å². The molecule has 12 heavy (non-hydrogen) atoms. The fraction of sp³-hybridized carbons (Fsp3) is 0.222. The van der Waals surface area contributed by atoms with Crippen LogP contribution in [-0.4, -0.2) is 5.91 Å². The lowest BCUT2D eigenvalue weighted by Gasteiger charge is -2.22. The second kappa shape index (κ2) is 2.90. The van der Waals surface area contributed by atoms with E-state index in [0.29, 0.717) is 6.42 Å². The molecular weight excluding hydrogens is 218 g/mol. The van der Waals surface area contributed by atoms with Crippen LogP contribution in [0.1, 0.15) is 12.0 Å². The Hall–Kier alpha value is -0.830. The lowest BCUT2D eigenvalue weighted by Crippen LogP contribution is -2.25. The van der Waals surface area contributed by atoms with E-state index in [4.69, 9.17) is 0 Å². The van der Waals surface area contributed by atoms with Crippen LogP contribution in [0.2, 0.25) is 0 Å². The maximum atomic E-state index is 11.2. The molecule has 0 saturated carbocycles. The summed E-state index contributed by atoms with van der Waals surface area (Å²) in [6.07, 6.45) is 1.46. The molecule has 0 aromatic heterocycles. The minimum Gasteiger partial charge on any atom is -0.274 e. The van der Waals surface area contributed by atoms with Crippen molar-refractivity contribution in [1.82, 2.24) is 0 Å². The van der Waals surface area contributed by atoms with Gasteiger partial charge in [0.2, 0.25) is 5.91 Å². The maximum Gasteiger partial charge on any atom is 0.237 e. The maximum absolute atomic E-state index is 11.2. The van der Waals surface area contributed by atoms with Crippen LogP contribution in [0, 0.1) is 0 Å². The number of aryl methyl sites for hydroxylation is 1. The first kappa shape index (κ1) is 7.80. The number of anilines is 1. The number of fused-ring (bicyclic) bond motifs is 1. The predicted octanol–water partition coefficient (Wildman–Crippen LogP) is 2.28. The molecule has 3 heteroatoms. The molecule has 1 aliphatic heterocycles. The van der Waals surface area contributed by atoms with E-state index in [1.807, 2.05) is 18.2 Å². The van der Waals surface area contributed by atoms with Crippen LogP contribution < -0.4 is 3.93 Å². The SMILES string of the molecule is O=C1CCc2ccccc2N1Br. The molecule has 1 heterocycles. The molecule has 0 radical (unpaired) electrons. The highest BCUT2D eigenvalue weighted by atomic mass is 79.9. The summed E-state index contributed by atoms with van der Waals surface area (Å²) in [6, 6.07) is 7.93. The number of carbonyl (C=O) groups is 1. The van der Waals surface area contributed by atoms with E-state index in [1.54, 1.807) is 3.93 Å². The standard InChI is InChI=1S/C9H8BrNO/c10-11-8-4-2-1-3-7(8)5-6-9(11)12/h1-4H,5-6H2.